The van der Waals surface area contributed by atoms with Crippen molar-refractivity contribution in [1.82, 2.24) is 0 Å². The lowest BCUT2D eigenvalue weighted by Crippen LogP contribution is -2.38. The van der Waals surface area contributed by atoms with Gasteiger partial charge in [-0.2, -0.15) is 0 Å². The molecule has 33 heavy (non-hydrogen) atoms. The highest BCUT2D eigenvalue weighted by molar-refractivity contribution is 7.92. The van der Waals surface area contributed by atoms with Crippen LogP contribution in [0.15, 0.2) is 83.8 Å². The number of nitrogens with one attached hydrogen (secondary N) is 2. The van der Waals surface area contributed by atoms with Gasteiger partial charge in [-0.1, -0.05) is 50.2 Å². The van der Waals surface area contributed by atoms with Crippen LogP contribution in [0.1, 0.15) is 32.3 Å². The fourth-order valence-electron chi connectivity index (χ4n) is 3.27. The smallest absolute Gasteiger partial charge is 0.264 e. The highest BCUT2D eigenvalue weighted by atomic mass is 32.2. The van der Waals surface area contributed by atoms with Gasteiger partial charge in [0.05, 0.1) is 10.6 Å². The van der Waals surface area contributed by atoms with Crippen LogP contribution < -0.4 is 14.9 Å². The first-order chi connectivity index (χ1) is 15.7. The van der Waals surface area contributed by atoms with Gasteiger partial charge in [0.15, 0.2) is 0 Å². The summed E-state index contributed by atoms with van der Waals surface area (Å²) < 4.78 is 27.9. The van der Waals surface area contributed by atoms with Crippen molar-refractivity contribution in [3.8, 4) is 0 Å². The van der Waals surface area contributed by atoms with Crippen LogP contribution in [0, 0.1) is 0 Å². The third kappa shape index (κ3) is 6.20. The van der Waals surface area contributed by atoms with Gasteiger partial charge in [0, 0.05) is 18.3 Å². The minimum Gasteiger partial charge on any atom is -0.326 e. The Morgan fingerprint density at radius 2 is 1.45 bits per heavy atom. The Morgan fingerprint density at radius 3 is 2.03 bits per heavy atom. The second kappa shape index (κ2) is 10.3. The molecule has 0 heterocycles. The van der Waals surface area contributed by atoms with Gasteiger partial charge in [-0.15, -0.1) is 0 Å². The Labute approximate surface area is 194 Å². The maximum absolute atomic E-state index is 13.4. The zero-order chi connectivity index (χ0) is 24.0. The van der Waals surface area contributed by atoms with E-state index in [0.29, 0.717) is 17.1 Å². The third-order valence-corrected chi connectivity index (χ3v) is 6.72. The number of sulfonamides is 1. The number of carbonyl (C=O) groups excluding carboxylic acids is 2. The number of hydrogen-bond acceptors (Lipinski definition) is 4. The van der Waals surface area contributed by atoms with Crippen molar-refractivity contribution in [3.05, 3.63) is 84.4 Å². The van der Waals surface area contributed by atoms with Crippen LogP contribution in [0.5, 0.6) is 0 Å². The fourth-order valence-corrected chi connectivity index (χ4v) is 4.71. The molecule has 0 saturated heterocycles. The number of amides is 2. The lowest BCUT2D eigenvalue weighted by molar-refractivity contribution is -0.115. The molecule has 172 valence electrons. The molecule has 0 unspecified atom stereocenters. The van der Waals surface area contributed by atoms with Gasteiger partial charge in [-0.05, 0) is 53.9 Å². The monoisotopic (exact) mass is 465 g/mol. The van der Waals surface area contributed by atoms with E-state index >= 15 is 0 Å². The maximum Gasteiger partial charge on any atom is 0.264 e. The van der Waals surface area contributed by atoms with E-state index in [4.69, 9.17) is 0 Å². The van der Waals surface area contributed by atoms with E-state index in [0.717, 1.165) is 9.87 Å². The molecule has 0 atom stereocenters. The number of anilines is 3. The van der Waals surface area contributed by atoms with Crippen LogP contribution >= 0.6 is 0 Å². The maximum atomic E-state index is 13.4. The van der Waals surface area contributed by atoms with E-state index in [9.17, 15) is 18.0 Å². The van der Waals surface area contributed by atoms with E-state index in [-0.39, 0.29) is 16.7 Å². The van der Waals surface area contributed by atoms with Crippen molar-refractivity contribution in [2.24, 2.45) is 0 Å². The summed E-state index contributed by atoms with van der Waals surface area (Å²) in [5, 5.41) is 5.36. The molecule has 0 fully saturated rings. The van der Waals surface area contributed by atoms with E-state index in [1.807, 2.05) is 12.1 Å². The fraction of sp³-hybridized carbons (Fsp3) is 0.200. The minimum atomic E-state index is -3.98. The van der Waals surface area contributed by atoms with Crippen LogP contribution in [0.3, 0.4) is 0 Å². The number of benzene rings is 3. The summed E-state index contributed by atoms with van der Waals surface area (Å²) in [4.78, 5) is 24.3. The molecule has 2 N–H and O–H groups in total. The first-order valence-electron chi connectivity index (χ1n) is 10.5. The highest BCUT2D eigenvalue weighted by Gasteiger charge is 2.27. The van der Waals surface area contributed by atoms with Gasteiger partial charge in [0.1, 0.15) is 6.54 Å². The molecule has 2 amide bonds. The zero-order valence-corrected chi connectivity index (χ0v) is 19.6. The quantitative estimate of drug-likeness (QED) is 0.508. The molecule has 0 saturated carbocycles. The van der Waals surface area contributed by atoms with Crippen molar-refractivity contribution in [2.75, 3.05) is 21.5 Å². The average molecular weight is 466 g/mol. The van der Waals surface area contributed by atoms with Gasteiger partial charge >= 0.3 is 0 Å². The molecule has 0 bridgehead atoms. The van der Waals surface area contributed by atoms with E-state index in [1.165, 1.54) is 19.1 Å². The van der Waals surface area contributed by atoms with Gasteiger partial charge in [0.2, 0.25) is 11.8 Å². The molecule has 3 aromatic carbocycles. The van der Waals surface area contributed by atoms with Crippen LogP contribution in [-0.4, -0.2) is 26.8 Å². The third-order valence-electron chi connectivity index (χ3n) is 4.93. The Kier molecular flexibility index (Phi) is 7.50. The van der Waals surface area contributed by atoms with Crippen LogP contribution in [-0.2, 0) is 19.6 Å². The molecule has 0 aromatic heterocycles. The molecule has 0 radical (unpaired) electrons. The summed E-state index contributed by atoms with van der Waals surface area (Å²) >= 11 is 0. The first kappa shape index (κ1) is 24.0. The van der Waals surface area contributed by atoms with E-state index < -0.39 is 22.5 Å². The van der Waals surface area contributed by atoms with Gasteiger partial charge in [-0.3, -0.25) is 13.9 Å². The molecule has 0 aliphatic carbocycles. The predicted octanol–water partition coefficient (Wildman–Crippen LogP) is 4.60. The molecule has 7 nitrogen and oxygen atoms in total. The molecule has 0 aliphatic rings. The normalized spacial score (nSPS) is 11.2. The summed E-state index contributed by atoms with van der Waals surface area (Å²) in [7, 11) is -3.98. The van der Waals surface area contributed by atoms with Crippen molar-refractivity contribution in [3.63, 3.8) is 0 Å². The van der Waals surface area contributed by atoms with E-state index in [2.05, 4.69) is 24.5 Å². The van der Waals surface area contributed by atoms with E-state index in [1.54, 1.807) is 54.6 Å². The largest absolute Gasteiger partial charge is 0.326 e. The molecule has 3 aromatic rings. The van der Waals surface area contributed by atoms with Crippen LogP contribution in [0.4, 0.5) is 17.1 Å². The summed E-state index contributed by atoms with van der Waals surface area (Å²) in [5.74, 6) is -0.455. The topological polar surface area (TPSA) is 95.6 Å². The number of nitrogens with zero attached hydrogens (tertiary/aromatic N) is 1. The molecule has 8 heteroatoms. The molecule has 0 aliphatic heterocycles. The van der Waals surface area contributed by atoms with Gasteiger partial charge < -0.3 is 10.6 Å². The van der Waals surface area contributed by atoms with Crippen LogP contribution in [0.25, 0.3) is 0 Å². The molecular weight excluding hydrogens is 438 g/mol. The van der Waals surface area contributed by atoms with Crippen molar-refractivity contribution in [2.45, 2.75) is 31.6 Å². The van der Waals surface area contributed by atoms with Crippen LogP contribution in [0.2, 0.25) is 0 Å². The molecule has 0 spiro atoms. The number of carbonyl (C=O) groups is 2. The summed E-state index contributed by atoms with van der Waals surface area (Å²) in [6.07, 6.45) is 0. The Balaban J connectivity index is 1.90. The standard InChI is InChI=1S/C25H27N3O4S/c1-18(2)20-12-14-23(15-13-20)28(33(31,32)24-10-5-4-6-11-24)17-25(30)27-22-9-7-8-21(16-22)26-19(3)29/h4-16,18H,17H2,1-3H3,(H,26,29)(H,27,30). The number of hydrogen-bond donors (Lipinski definition) is 2. The first-order valence-corrected chi connectivity index (χ1v) is 12.0. The molecular formula is C25H27N3O4S. The Morgan fingerprint density at radius 1 is 0.848 bits per heavy atom. The minimum absolute atomic E-state index is 0.0957. The number of rotatable bonds is 8. The Bertz CT molecular complexity index is 1220. The molecule has 3 rings (SSSR count). The highest BCUT2D eigenvalue weighted by Crippen LogP contribution is 2.26. The van der Waals surface area contributed by atoms with Crippen molar-refractivity contribution < 1.29 is 18.0 Å². The lowest BCUT2D eigenvalue weighted by atomic mass is 10.0. The zero-order valence-electron chi connectivity index (χ0n) is 18.8. The summed E-state index contributed by atoms with van der Waals surface area (Å²) in [6, 6.07) is 21.8. The van der Waals surface area contributed by atoms with Gasteiger partial charge in [0.25, 0.3) is 10.0 Å². The van der Waals surface area contributed by atoms with Crippen molar-refractivity contribution >= 4 is 38.9 Å². The predicted molar refractivity (Wildman–Crippen MR) is 131 cm³/mol. The lowest BCUT2D eigenvalue weighted by Gasteiger charge is -2.24. The second-order valence-electron chi connectivity index (χ2n) is 7.88. The van der Waals surface area contributed by atoms with Gasteiger partial charge in [-0.25, -0.2) is 8.42 Å². The SMILES string of the molecule is CC(=O)Nc1cccc(NC(=O)CN(c2ccc(C(C)C)cc2)S(=O)(=O)c2ccccc2)c1. The second-order valence-corrected chi connectivity index (χ2v) is 9.74. The summed E-state index contributed by atoms with van der Waals surface area (Å²) in [6.45, 7) is 5.08. The average Bonchev–Trinajstić information content (AvgIpc) is 2.78. The van der Waals surface area contributed by atoms with Crippen molar-refractivity contribution in [1.29, 1.82) is 0 Å². The summed E-state index contributed by atoms with van der Waals surface area (Å²) in [5.41, 5.74) is 2.43. The Hall–Kier alpha value is -3.65.